The summed E-state index contributed by atoms with van der Waals surface area (Å²) in [6, 6.07) is 19.6. The summed E-state index contributed by atoms with van der Waals surface area (Å²) in [7, 11) is -9.53. The highest BCUT2D eigenvalue weighted by Gasteiger charge is 2.31. The standard InChI is InChI=1S/C46H53ClN7O11PS/c1-46(2)15-11-34(40(26-46)32-3-5-35(47)6-4-32)28-51-17-19-52(20-18-51)36-7-9-39(43(24-36)65-37-23-33-12-16-48-44(33)53(29-37)30-64-66(58,59)60)45(55)50-67(61,62)38-8-10-41(42(25-38)54(56)57)49-27-31-13-21-63-22-14-31/h3-10,12,16,23-25,29,31,49H,11,13-15,17-22,26-28,30H2,1-2H3,(H3,50,55,58,59,60)/p+1. The molecule has 2 saturated heterocycles. The number of pyridine rings is 1. The number of nitro groups is 1. The van der Waals surface area contributed by atoms with Gasteiger partial charge < -0.3 is 29.5 Å². The van der Waals surface area contributed by atoms with Crippen molar-refractivity contribution in [1.29, 1.82) is 0 Å². The predicted molar refractivity (Wildman–Crippen MR) is 253 cm³/mol. The van der Waals surface area contributed by atoms with Crippen molar-refractivity contribution < 1.29 is 51.1 Å². The van der Waals surface area contributed by atoms with Crippen molar-refractivity contribution in [1.82, 2.24) is 14.6 Å². The van der Waals surface area contributed by atoms with Crippen molar-refractivity contribution in [2.24, 2.45) is 11.3 Å². The van der Waals surface area contributed by atoms with Gasteiger partial charge in [-0.25, -0.2) is 31.8 Å². The summed E-state index contributed by atoms with van der Waals surface area (Å²) in [4.78, 5) is 51.5. The summed E-state index contributed by atoms with van der Waals surface area (Å²) in [5, 5.41) is 16.5. The molecule has 3 aliphatic rings. The zero-order chi connectivity index (χ0) is 47.5. The molecule has 0 bridgehead atoms. The normalized spacial score (nSPS) is 17.4. The Balaban J connectivity index is 1.05. The number of rotatable bonds is 16. The lowest BCUT2D eigenvalue weighted by Gasteiger charge is -2.39. The van der Waals surface area contributed by atoms with Gasteiger partial charge in [-0.2, -0.15) is 0 Å². The summed E-state index contributed by atoms with van der Waals surface area (Å²) in [6.07, 6.45) is 7.70. The number of halogens is 1. The fraction of sp³-hybridized carbons (Fsp3) is 0.391. The van der Waals surface area contributed by atoms with Crippen molar-refractivity contribution in [3.63, 3.8) is 0 Å². The number of piperazine rings is 1. The van der Waals surface area contributed by atoms with E-state index in [4.69, 9.17) is 25.6 Å². The van der Waals surface area contributed by atoms with Gasteiger partial charge in [-0.3, -0.25) is 19.8 Å². The van der Waals surface area contributed by atoms with Gasteiger partial charge in [-0.05, 0) is 97.0 Å². The highest BCUT2D eigenvalue weighted by atomic mass is 35.5. The number of nitrogens with zero attached hydrogens (tertiary/aromatic N) is 4. The first-order chi connectivity index (χ1) is 31.9. The van der Waals surface area contributed by atoms with Gasteiger partial charge in [-0.15, -0.1) is 0 Å². The van der Waals surface area contributed by atoms with Crippen molar-refractivity contribution in [2.45, 2.75) is 57.6 Å². The van der Waals surface area contributed by atoms with Crippen LogP contribution < -0.4 is 24.2 Å². The smallest absolute Gasteiger partial charge is 0.453 e. The molecule has 8 rings (SSSR count). The van der Waals surface area contributed by atoms with Gasteiger partial charge in [0.25, 0.3) is 27.3 Å². The maximum atomic E-state index is 14.1. The molecule has 5 N–H and O–H groups in total. The number of nitrogens with one attached hydrogen (secondary N) is 3. The number of hydrogen-bond donors (Lipinski definition) is 5. The first-order valence-electron chi connectivity index (χ1n) is 22.0. The molecule has 0 atom stereocenters. The van der Waals surface area contributed by atoms with E-state index in [1.54, 1.807) is 30.5 Å². The second-order valence-corrected chi connectivity index (χ2v) is 21.3. The number of hydrogen-bond acceptors (Lipinski definition) is 12. The fourth-order valence-electron chi connectivity index (χ4n) is 8.87. The molecular formula is C46H54ClN7O11PS+. The maximum absolute atomic E-state index is 14.1. The van der Waals surface area contributed by atoms with Crippen LogP contribution in [0.2, 0.25) is 5.02 Å². The largest absolute Gasteiger partial charge is 0.472 e. The summed E-state index contributed by atoms with van der Waals surface area (Å²) in [5.74, 6) is -0.707. The number of nitro benzene ring substituents is 1. The lowest BCUT2D eigenvalue weighted by Crippen LogP contribution is -2.47. The van der Waals surface area contributed by atoms with Crippen molar-refractivity contribution in [3.8, 4) is 11.5 Å². The van der Waals surface area contributed by atoms with E-state index in [9.17, 15) is 37.7 Å². The lowest BCUT2D eigenvalue weighted by molar-refractivity contribution is -0.703. The number of fused-ring (bicyclic) bond motifs is 1. The zero-order valence-corrected chi connectivity index (χ0v) is 39.6. The minimum atomic E-state index is -4.87. The Labute approximate surface area is 393 Å². The molecular weight excluding hydrogens is 925 g/mol. The quantitative estimate of drug-likeness (QED) is 0.0277. The predicted octanol–water partition coefficient (Wildman–Crippen LogP) is 7.62. The number of ether oxygens (including phenoxy) is 2. The molecule has 0 unspecified atom stereocenters. The van der Waals surface area contributed by atoms with Crippen LogP contribution in [-0.2, 0) is 30.6 Å². The Morgan fingerprint density at radius 2 is 1.79 bits per heavy atom. The van der Waals surface area contributed by atoms with E-state index in [2.05, 4.69) is 50.8 Å². The Kier molecular flexibility index (Phi) is 14.4. The minimum Gasteiger partial charge on any atom is -0.453 e. The number of amides is 1. The van der Waals surface area contributed by atoms with Gasteiger partial charge in [-0.1, -0.05) is 43.2 Å². The molecule has 356 valence electrons. The highest BCUT2D eigenvalue weighted by Crippen LogP contribution is 2.44. The fourth-order valence-corrected chi connectivity index (χ4v) is 10.3. The molecule has 4 heterocycles. The second kappa shape index (κ2) is 20.1. The Hall–Kier alpha value is -5.37. The molecule has 5 aromatic rings. The van der Waals surface area contributed by atoms with Crippen molar-refractivity contribution in [3.05, 3.63) is 117 Å². The van der Waals surface area contributed by atoms with E-state index in [1.165, 1.54) is 45.7 Å². The SMILES string of the molecule is CC1(C)CCC(CN2CCN(c3ccc(C(=O)NS(=O)(=O)c4ccc(NCC5CCOCC5)c([N+](=O)[O-])c4)c(Oc4cc5cc[nH]c5[n+](COP(=O)(O)O)c4)c3)CC2)=C(c2ccc(Cl)cc2)C1. The molecule has 18 nitrogen and oxygen atoms in total. The monoisotopic (exact) mass is 978 g/mol. The van der Waals surface area contributed by atoms with Gasteiger partial charge in [0.1, 0.15) is 17.6 Å². The molecule has 1 amide bonds. The number of allylic oxidation sites excluding steroid dienone is 1. The van der Waals surface area contributed by atoms with E-state index in [0.29, 0.717) is 54.6 Å². The summed E-state index contributed by atoms with van der Waals surface area (Å²) in [6.45, 7) is 9.30. The van der Waals surface area contributed by atoms with E-state index in [0.717, 1.165) is 57.8 Å². The Morgan fingerprint density at radius 1 is 1.04 bits per heavy atom. The molecule has 0 radical (unpaired) electrons. The van der Waals surface area contributed by atoms with Crippen LogP contribution >= 0.6 is 19.4 Å². The maximum Gasteiger partial charge on any atom is 0.472 e. The van der Waals surface area contributed by atoms with Crippen molar-refractivity contribution >= 4 is 69.0 Å². The number of carbonyl (C=O) groups excluding carboxylic acids is 1. The van der Waals surface area contributed by atoms with Crippen LogP contribution in [0.5, 0.6) is 11.5 Å². The number of phosphoric acid groups is 1. The average Bonchev–Trinajstić information content (AvgIpc) is 3.77. The molecule has 1 aliphatic carbocycles. The summed E-state index contributed by atoms with van der Waals surface area (Å²) < 4.78 is 59.2. The van der Waals surface area contributed by atoms with Crippen LogP contribution in [0.25, 0.3) is 16.6 Å². The molecule has 3 aromatic carbocycles. The van der Waals surface area contributed by atoms with Crippen LogP contribution in [0, 0.1) is 21.4 Å². The van der Waals surface area contributed by atoms with E-state index >= 15 is 0 Å². The van der Waals surface area contributed by atoms with Gasteiger partial charge in [0, 0.05) is 81.4 Å². The number of phosphoric ester groups is 1. The van der Waals surface area contributed by atoms with Crippen molar-refractivity contribution in [2.75, 3.05) is 62.7 Å². The number of H-pyrrole nitrogens is 1. The first-order valence-corrected chi connectivity index (χ1v) is 25.4. The van der Waals surface area contributed by atoms with Gasteiger partial charge in [0.05, 0.1) is 27.0 Å². The number of benzene rings is 3. The highest BCUT2D eigenvalue weighted by molar-refractivity contribution is 7.90. The van der Waals surface area contributed by atoms with Crippen LogP contribution in [0.4, 0.5) is 17.1 Å². The topological polar surface area (TPSA) is 230 Å². The van der Waals surface area contributed by atoms with Crippen LogP contribution in [-0.4, -0.2) is 91.4 Å². The number of carbonyl (C=O) groups is 1. The second-order valence-electron chi connectivity index (χ2n) is 18.0. The molecule has 2 fully saturated rings. The van der Waals surface area contributed by atoms with E-state index in [1.807, 2.05) is 12.1 Å². The minimum absolute atomic E-state index is 0.0220. The van der Waals surface area contributed by atoms with Gasteiger partial charge in [0.15, 0.2) is 5.75 Å². The molecule has 21 heteroatoms. The van der Waals surface area contributed by atoms with Gasteiger partial charge >= 0.3 is 7.82 Å². The summed E-state index contributed by atoms with van der Waals surface area (Å²) in [5.41, 5.74) is 4.85. The van der Waals surface area contributed by atoms with Crippen LogP contribution in [0.3, 0.4) is 0 Å². The number of anilines is 2. The average molecular weight is 979 g/mol. The number of sulfonamides is 1. The molecule has 0 spiro atoms. The third kappa shape index (κ3) is 12.0. The molecule has 0 saturated carbocycles. The van der Waals surface area contributed by atoms with E-state index in [-0.39, 0.29) is 34.1 Å². The Bertz CT molecular complexity index is 2840. The van der Waals surface area contributed by atoms with Gasteiger partial charge in [0.2, 0.25) is 6.73 Å². The molecule has 2 aliphatic heterocycles. The van der Waals surface area contributed by atoms with Crippen LogP contribution in [0.15, 0.2) is 95.7 Å². The number of aromatic nitrogens is 2. The first kappa shape index (κ1) is 48.1. The van der Waals surface area contributed by atoms with E-state index < -0.39 is 46.0 Å². The molecule has 67 heavy (non-hydrogen) atoms. The third-order valence-electron chi connectivity index (χ3n) is 12.6. The Morgan fingerprint density at radius 3 is 2.51 bits per heavy atom. The van der Waals surface area contributed by atoms with Crippen LogP contribution in [0.1, 0.15) is 61.9 Å². The molecule has 2 aromatic heterocycles. The number of aromatic amines is 1. The summed E-state index contributed by atoms with van der Waals surface area (Å²) >= 11 is 6.24. The lowest BCUT2D eigenvalue weighted by atomic mass is 9.72. The third-order valence-corrected chi connectivity index (χ3v) is 14.6. The zero-order valence-electron chi connectivity index (χ0n) is 37.2.